The molecule has 23 heavy (non-hydrogen) atoms. The van der Waals surface area contributed by atoms with Crippen molar-refractivity contribution >= 4 is 27.0 Å². The van der Waals surface area contributed by atoms with Crippen molar-refractivity contribution in [2.45, 2.75) is 82.2 Å². The molecule has 2 atom stereocenters. The van der Waals surface area contributed by atoms with Gasteiger partial charge in [-0.3, -0.25) is 0 Å². The van der Waals surface area contributed by atoms with E-state index in [1.54, 1.807) is 57.5 Å². The topological polar surface area (TPSA) is 0 Å². The van der Waals surface area contributed by atoms with Crippen molar-refractivity contribution in [1.29, 1.82) is 0 Å². The van der Waals surface area contributed by atoms with Gasteiger partial charge in [0.25, 0.3) is 0 Å². The molecule has 0 amide bonds. The summed E-state index contributed by atoms with van der Waals surface area (Å²) in [4.78, 5) is 0. The van der Waals surface area contributed by atoms with Crippen LogP contribution in [0.1, 0.15) is 68.2 Å². The number of rotatable bonds is 2. The molecule has 3 rings (SSSR count). The molecule has 2 unspecified atom stereocenters. The second-order valence-electron chi connectivity index (χ2n) is 8.33. The van der Waals surface area contributed by atoms with E-state index in [4.69, 9.17) is 0 Å². The molecule has 3 aliphatic heterocycles. The predicted octanol–water partition coefficient (Wildman–Crippen LogP) is 7.18. The van der Waals surface area contributed by atoms with Crippen molar-refractivity contribution in [3.63, 3.8) is 0 Å². The maximum atomic E-state index is 2.68. The number of allylic oxidation sites excluding steroid dienone is 4. The van der Waals surface area contributed by atoms with Gasteiger partial charge >= 0.3 is 152 Å². The Kier molecular flexibility index (Phi) is 4.72. The van der Waals surface area contributed by atoms with Gasteiger partial charge in [0.05, 0.1) is 0 Å². The van der Waals surface area contributed by atoms with E-state index < -0.39 is 20.3 Å². The van der Waals surface area contributed by atoms with Gasteiger partial charge in [-0.25, -0.2) is 0 Å². The molecule has 0 aromatic carbocycles. The molecule has 0 radical (unpaired) electrons. The fourth-order valence-corrected chi connectivity index (χ4v) is 36.6. The minimum atomic E-state index is -2.46. The zero-order valence-electron chi connectivity index (χ0n) is 16.2. The molecule has 3 heterocycles. The Morgan fingerprint density at radius 1 is 0.696 bits per heavy atom. The third-order valence-corrected chi connectivity index (χ3v) is 34.3. The van der Waals surface area contributed by atoms with Gasteiger partial charge in [-0.05, 0) is 0 Å². The van der Waals surface area contributed by atoms with E-state index in [1.807, 2.05) is 0 Å². The first kappa shape index (κ1) is 18.5. The van der Waals surface area contributed by atoms with Gasteiger partial charge in [-0.2, -0.15) is 0 Å². The van der Waals surface area contributed by atoms with Crippen LogP contribution in [0.15, 0.2) is 22.3 Å². The molecule has 0 bridgehead atoms. The second-order valence-corrected chi connectivity index (χ2v) is 26.7. The normalized spacial score (nSPS) is 38.3. The fourth-order valence-electron chi connectivity index (χ4n) is 5.64. The molecule has 0 nitrogen and oxygen atoms in total. The van der Waals surface area contributed by atoms with E-state index >= 15 is 0 Å². The molecule has 1 saturated heterocycles. The van der Waals surface area contributed by atoms with Gasteiger partial charge in [0.2, 0.25) is 0 Å². The molecule has 0 aromatic heterocycles. The van der Waals surface area contributed by atoms with Gasteiger partial charge in [-0.15, -0.1) is 0 Å². The molecule has 0 N–H and O–H groups in total. The Bertz CT molecular complexity index is 634. The molecule has 0 aromatic rings. The molecule has 3 heteroatoms. The monoisotopic (exact) mass is 424 g/mol. The van der Waals surface area contributed by atoms with Crippen molar-refractivity contribution in [2.75, 3.05) is 0 Å². The van der Waals surface area contributed by atoms with E-state index in [1.165, 1.54) is 12.8 Å². The van der Waals surface area contributed by atoms with Crippen LogP contribution in [0.3, 0.4) is 0 Å². The number of hydrogen-bond acceptors (Lipinski definition) is 0. The Labute approximate surface area is 151 Å². The third-order valence-electron chi connectivity index (χ3n) is 7.77. The van der Waals surface area contributed by atoms with Crippen LogP contribution in [0.25, 0.3) is 0 Å². The minimum absolute atomic E-state index is 0.521. The first-order valence-electron chi connectivity index (χ1n) is 9.10. The van der Waals surface area contributed by atoms with Crippen molar-refractivity contribution < 1.29 is 20.3 Å². The van der Waals surface area contributed by atoms with Crippen LogP contribution >= 0.6 is 16.4 Å². The van der Waals surface area contributed by atoms with E-state index in [0.717, 1.165) is 0 Å². The summed E-state index contributed by atoms with van der Waals surface area (Å²) in [6, 6.07) is 0. The summed E-state index contributed by atoms with van der Waals surface area (Å²) in [6.45, 7) is 19.9. The summed E-state index contributed by atoms with van der Waals surface area (Å²) in [5, 5.41) is 3.32. The molecule has 126 valence electrons. The Hall–Kier alpha value is 0.703. The van der Waals surface area contributed by atoms with Gasteiger partial charge in [0, 0.05) is 0 Å². The first-order chi connectivity index (χ1) is 10.6. The predicted molar refractivity (Wildman–Crippen MR) is 108 cm³/mol. The molecule has 0 spiro atoms. The van der Waals surface area contributed by atoms with Gasteiger partial charge in [-0.1, -0.05) is 0 Å². The standard InChI is InChI=1S/2C8H12P.C4H8.Zr/c2*1-5-6(2)8(4)9-7(5)3;1-3-4-2;/h2*1-4H3;1-4H2;. The molecule has 3 aliphatic rings. The summed E-state index contributed by atoms with van der Waals surface area (Å²) >= 11 is -2.46. The van der Waals surface area contributed by atoms with Gasteiger partial charge in [0.15, 0.2) is 0 Å². The quantitative estimate of drug-likeness (QED) is 0.411. The van der Waals surface area contributed by atoms with Crippen LogP contribution in [0.5, 0.6) is 0 Å². The average molecular weight is 426 g/mol. The zero-order valence-corrected chi connectivity index (χ0v) is 20.5. The maximum absolute atomic E-state index is 2.68. The summed E-state index contributed by atoms with van der Waals surface area (Å²) in [6.07, 6.45) is 3.01. The van der Waals surface area contributed by atoms with Crippen molar-refractivity contribution in [3.05, 3.63) is 22.3 Å². The number of hydrogen-bond donors (Lipinski definition) is 0. The van der Waals surface area contributed by atoms with Crippen molar-refractivity contribution in [1.82, 2.24) is 0 Å². The SMILES string of the molecule is CC1=P[C](C)([Zr]2([C]3(C)P=C(C)C(C)=C3C)[CH2]CC[CH2]2)C(C)=C1C. The van der Waals surface area contributed by atoms with Crippen LogP contribution < -0.4 is 0 Å². The summed E-state index contributed by atoms with van der Waals surface area (Å²) < 4.78 is 4.26. The molecular weight excluding hydrogens is 393 g/mol. The molecule has 0 aliphatic carbocycles. The van der Waals surface area contributed by atoms with Crippen LogP contribution in [-0.4, -0.2) is 16.3 Å². The molecular formula is C20H32P2Zr. The van der Waals surface area contributed by atoms with Crippen LogP contribution in [0, 0.1) is 0 Å². The van der Waals surface area contributed by atoms with Crippen LogP contribution in [0.2, 0.25) is 8.26 Å². The Morgan fingerprint density at radius 2 is 1.04 bits per heavy atom. The third kappa shape index (κ3) is 2.25. The summed E-state index contributed by atoms with van der Waals surface area (Å²) in [7, 11) is 3.34. The van der Waals surface area contributed by atoms with Crippen LogP contribution in [0.4, 0.5) is 0 Å². The Balaban J connectivity index is 2.26. The van der Waals surface area contributed by atoms with Gasteiger partial charge in [0.1, 0.15) is 0 Å². The van der Waals surface area contributed by atoms with Crippen molar-refractivity contribution in [2.24, 2.45) is 0 Å². The Morgan fingerprint density at radius 3 is 1.30 bits per heavy atom. The average Bonchev–Trinajstić information content (AvgIpc) is 3.13. The molecule has 1 fully saturated rings. The van der Waals surface area contributed by atoms with Gasteiger partial charge < -0.3 is 0 Å². The summed E-state index contributed by atoms with van der Waals surface area (Å²) in [5.74, 6) is 0. The zero-order chi connectivity index (χ0) is 17.2. The second kappa shape index (κ2) is 5.86. The van der Waals surface area contributed by atoms with E-state index in [2.05, 4.69) is 55.4 Å². The fraction of sp³-hybridized carbons (Fsp3) is 0.700. The summed E-state index contributed by atoms with van der Waals surface area (Å²) in [5.41, 5.74) is 6.80. The van der Waals surface area contributed by atoms with Crippen LogP contribution in [-0.2, 0) is 20.3 Å². The first-order valence-corrected chi connectivity index (χ1v) is 16.8. The van der Waals surface area contributed by atoms with E-state index in [0.29, 0.717) is 5.73 Å². The van der Waals surface area contributed by atoms with E-state index in [9.17, 15) is 0 Å². The molecule has 0 saturated carbocycles. The van der Waals surface area contributed by atoms with Crippen molar-refractivity contribution in [3.8, 4) is 0 Å². The van der Waals surface area contributed by atoms with E-state index in [-0.39, 0.29) is 0 Å².